The molecule has 0 bridgehead atoms. The van der Waals surface area contributed by atoms with Gasteiger partial charge in [-0.2, -0.15) is 8.42 Å². The lowest BCUT2D eigenvalue weighted by atomic mass is 9.88. The Bertz CT molecular complexity index is 379. The van der Waals surface area contributed by atoms with Crippen LogP contribution in [0.25, 0.3) is 0 Å². The molecule has 19 heavy (non-hydrogen) atoms. The molecule has 0 unspecified atom stereocenters. The quantitative estimate of drug-likeness (QED) is 0.378. The average molecular weight is 297 g/mol. The fourth-order valence-electron chi connectivity index (χ4n) is 1.26. The van der Waals surface area contributed by atoms with Crippen molar-refractivity contribution >= 4 is 16.1 Å². The van der Waals surface area contributed by atoms with Gasteiger partial charge in [-0.25, -0.2) is 4.79 Å². The summed E-state index contributed by atoms with van der Waals surface area (Å²) in [7, 11) is -3.70. The number of carboxylic acid groups (broad SMARTS) is 1. The van der Waals surface area contributed by atoms with Gasteiger partial charge in [0.25, 0.3) is 10.1 Å². The second kappa shape index (κ2) is 7.78. The first kappa shape index (κ1) is 18.3. The molecule has 0 aromatic heterocycles. The number of aliphatic hydroxyl groups is 1. The maximum absolute atomic E-state index is 11.6. The summed E-state index contributed by atoms with van der Waals surface area (Å²) in [6, 6.07) is 0. The molecule has 0 saturated carbocycles. The van der Waals surface area contributed by atoms with Crippen LogP contribution in [0.1, 0.15) is 27.2 Å². The van der Waals surface area contributed by atoms with Crippen LogP contribution in [-0.2, 0) is 19.1 Å². The van der Waals surface area contributed by atoms with Gasteiger partial charge < -0.3 is 15.5 Å². The van der Waals surface area contributed by atoms with E-state index < -0.39 is 27.6 Å². The Hall–Kier alpha value is -0.700. The number of nitrogens with one attached hydrogen (secondary N) is 1. The van der Waals surface area contributed by atoms with E-state index in [0.717, 1.165) is 6.54 Å². The zero-order valence-corrected chi connectivity index (χ0v) is 12.4. The number of hydrogen-bond acceptors (Lipinski definition) is 6. The van der Waals surface area contributed by atoms with Crippen molar-refractivity contribution in [1.82, 2.24) is 5.32 Å². The Morgan fingerprint density at radius 3 is 2.47 bits per heavy atom. The number of carbonyl (C=O) groups is 1. The molecular weight excluding hydrogens is 274 g/mol. The lowest BCUT2D eigenvalue weighted by Crippen LogP contribution is -2.40. The molecule has 0 saturated heterocycles. The highest BCUT2D eigenvalue weighted by Gasteiger charge is 2.35. The summed E-state index contributed by atoms with van der Waals surface area (Å²) in [6.45, 7) is 5.74. The predicted octanol–water partition coefficient (Wildman–Crippen LogP) is -0.196. The van der Waals surface area contributed by atoms with Crippen molar-refractivity contribution in [3.63, 3.8) is 0 Å². The van der Waals surface area contributed by atoms with Crippen LogP contribution in [0.5, 0.6) is 0 Å². The minimum absolute atomic E-state index is 0.140. The number of carboxylic acids is 1. The second-order valence-corrected chi connectivity index (χ2v) is 6.72. The number of aliphatic carboxylic acids is 1. The summed E-state index contributed by atoms with van der Waals surface area (Å²) < 4.78 is 27.9. The van der Waals surface area contributed by atoms with E-state index in [1.54, 1.807) is 0 Å². The predicted molar refractivity (Wildman–Crippen MR) is 70.3 cm³/mol. The fraction of sp³-hybridized carbons (Fsp3) is 0.909. The topological polar surface area (TPSA) is 113 Å². The van der Waals surface area contributed by atoms with Gasteiger partial charge in [0.05, 0.1) is 12.4 Å². The Kier molecular flexibility index (Phi) is 7.50. The molecule has 0 rings (SSSR count). The van der Waals surface area contributed by atoms with E-state index in [1.165, 1.54) is 13.8 Å². The monoisotopic (exact) mass is 297 g/mol. The minimum Gasteiger partial charge on any atom is -0.479 e. The van der Waals surface area contributed by atoms with Crippen molar-refractivity contribution in [3.8, 4) is 0 Å². The number of rotatable bonds is 10. The van der Waals surface area contributed by atoms with Gasteiger partial charge in [-0.3, -0.25) is 4.18 Å². The van der Waals surface area contributed by atoms with Crippen LogP contribution in [-0.4, -0.2) is 56.2 Å². The first-order valence-corrected chi connectivity index (χ1v) is 7.69. The summed E-state index contributed by atoms with van der Waals surface area (Å²) in [4.78, 5) is 10.7. The molecular formula is C11H23NO6S. The van der Waals surface area contributed by atoms with Crippen molar-refractivity contribution in [2.24, 2.45) is 5.41 Å². The van der Waals surface area contributed by atoms with E-state index in [2.05, 4.69) is 5.32 Å². The molecule has 8 heteroatoms. The highest BCUT2D eigenvalue weighted by Crippen LogP contribution is 2.22. The highest BCUT2D eigenvalue weighted by atomic mass is 32.2. The van der Waals surface area contributed by atoms with E-state index in [0.29, 0.717) is 13.0 Å². The van der Waals surface area contributed by atoms with Crippen LogP contribution in [0.2, 0.25) is 0 Å². The second-order valence-electron chi connectivity index (χ2n) is 4.96. The third-order valence-electron chi connectivity index (χ3n) is 2.58. The highest BCUT2D eigenvalue weighted by molar-refractivity contribution is 7.86. The zero-order valence-electron chi connectivity index (χ0n) is 11.5. The van der Waals surface area contributed by atoms with Gasteiger partial charge >= 0.3 is 5.97 Å². The van der Waals surface area contributed by atoms with Gasteiger partial charge in [0.2, 0.25) is 0 Å². The SMILES string of the molecule is CCNCCCS(=O)(=O)OCC(C)(C)[C@@H](O)C(=O)O. The number of aliphatic hydroxyl groups excluding tert-OH is 1. The van der Waals surface area contributed by atoms with Crippen LogP contribution in [0.4, 0.5) is 0 Å². The van der Waals surface area contributed by atoms with Gasteiger partial charge in [-0.1, -0.05) is 20.8 Å². The Morgan fingerprint density at radius 2 is 2.00 bits per heavy atom. The number of hydrogen-bond donors (Lipinski definition) is 3. The third-order valence-corrected chi connectivity index (χ3v) is 3.85. The van der Waals surface area contributed by atoms with E-state index in [1.807, 2.05) is 6.92 Å². The van der Waals surface area contributed by atoms with Crippen molar-refractivity contribution in [1.29, 1.82) is 0 Å². The molecule has 0 fully saturated rings. The average Bonchev–Trinajstić information content (AvgIpc) is 2.31. The van der Waals surface area contributed by atoms with Crippen LogP contribution >= 0.6 is 0 Å². The van der Waals surface area contributed by atoms with Crippen molar-refractivity contribution in [2.75, 3.05) is 25.4 Å². The summed E-state index contributed by atoms with van der Waals surface area (Å²) >= 11 is 0. The van der Waals surface area contributed by atoms with Crippen molar-refractivity contribution in [3.05, 3.63) is 0 Å². The van der Waals surface area contributed by atoms with Crippen LogP contribution < -0.4 is 5.32 Å². The smallest absolute Gasteiger partial charge is 0.333 e. The standard InChI is InChI=1S/C11H23NO6S/c1-4-12-6-5-7-19(16,17)18-8-11(2,3)9(13)10(14)15/h9,12-13H,4-8H2,1-3H3,(H,14,15)/t9-/m0/s1. The largest absolute Gasteiger partial charge is 0.479 e. The molecule has 0 aromatic rings. The van der Waals surface area contributed by atoms with Gasteiger partial charge in [0.15, 0.2) is 6.10 Å². The van der Waals surface area contributed by atoms with Crippen LogP contribution in [0, 0.1) is 5.41 Å². The molecule has 114 valence electrons. The van der Waals surface area contributed by atoms with E-state index in [4.69, 9.17) is 9.29 Å². The Morgan fingerprint density at radius 1 is 1.42 bits per heavy atom. The minimum atomic E-state index is -3.70. The van der Waals surface area contributed by atoms with Gasteiger partial charge in [-0.05, 0) is 19.5 Å². The molecule has 3 N–H and O–H groups in total. The molecule has 0 heterocycles. The van der Waals surface area contributed by atoms with Crippen molar-refractivity contribution in [2.45, 2.75) is 33.3 Å². The fourth-order valence-corrected chi connectivity index (χ4v) is 2.36. The summed E-state index contributed by atoms with van der Waals surface area (Å²) in [5, 5.41) is 21.1. The maximum Gasteiger partial charge on any atom is 0.333 e. The molecule has 0 spiro atoms. The van der Waals surface area contributed by atoms with E-state index in [9.17, 15) is 18.3 Å². The summed E-state index contributed by atoms with van der Waals surface area (Å²) in [5.41, 5.74) is -1.18. The first-order valence-electron chi connectivity index (χ1n) is 6.11. The van der Waals surface area contributed by atoms with Gasteiger partial charge in [0, 0.05) is 5.41 Å². The molecule has 0 aliphatic carbocycles. The van der Waals surface area contributed by atoms with Gasteiger partial charge in [-0.15, -0.1) is 0 Å². The zero-order chi connectivity index (χ0) is 15.1. The molecule has 0 amide bonds. The molecule has 7 nitrogen and oxygen atoms in total. The van der Waals surface area contributed by atoms with E-state index in [-0.39, 0.29) is 12.4 Å². The van der Waals surface area contributed by atoms with Crippen molar-refractivity contribution < 1.29 is 27.6 Å². The lowest BCUT2D eigenvalue weighted by molar-refractivity contribution is -0.154. The first-order chi connectivity index (χ1) is 8.62. The maximum atomic E-state index is 11.6. The summed E-state index contributed by atoms with van der Waals surface area (Å²) in [6.07, 6.45) is -1.26. The molecule has 1 atom stereocenters. The summed E-state index contributed by atoms with van der Waals surface area (Å²) in [5.74, 6) is -1.54. The lowest BCUT2D eigenvalue weighted by Gasteiger charge is -2.26. The molecule has 0 aliphatic rings. The van der Waals surface area contributed by atoms with Crippen LogP contribution in [0.3, 0.4) is 0 Å². The van der Waals surface area contributed by atoms with E-state index >= 15 is 0 Å². The van der Waals surface area contributed by atoms with Crippen LogP contribution in [0.15, 0.2) is 0 Å². The third kappa shape index (κ3) is 7.46. The normalized spacial score (nSPS) is 14.3. The Balaban J connectivity index is 4.26. The van der Waals surface area contributed by atoms with Gasteiger partial charge in [0.1, 0.15) is 0 Å². The molecule has 0 radical (unpaired) electrons. The molecule has 0 aromatic carbocycles. The molecule has 0 aliphatic heterocycles. The Labute approximate surface area is 114 Å².